The molecule has 0 saturated carbocycles. The summed E-state index contributed by atoms with van der Waals surface area (Å²) < 4.78 is 0. The molecule has 0 unspecified atom stereocenters. The Morgan fingerprint density at radius 3 is 1.76 bits per heavy atom. The number of imidazole rings is 1. The molecule has 0 radical (unpaired) electrons. The van der Waals surface area contributed by atoms with E-state index in [0.717, 1.165) is 0 Å². The molecule has 27 heteroatoms. The molecule has 2 heterocycles. The molecule has 25 nitrogen and oxygen atoms in total. The highest BCUT2D eigenvalue weighted by molar-refractivity contribution is 7.80. The number of aliphatic hydroxyl groups excluding tert-OH is 2. The topological polar surface area (TPSA) is 400 Å². The lowest BCUT2D eigenvalue weighted by Crippen LogP contribution is -2.62. The molecule has 2 rings (SSSR count). The van der Waals surface area contributed by atoms with E-state index >= 15 is 0 Å². The summed E-state index contributed by atoms with van der Waals surface area (Å²) in [5.41, 5.74) is 11.5. The van der Waals surface area contributed by atoms with Gasteiger partial charge in [0.05, 0.1) is 31.5 Å². The molecular formula is C40H66N12O13S2. The first kappa shape index (κ1) is 57.6. The molecule has 0 bridgehead atoms. The Morgan fingerprint density at radius 2 is 1.27 bits per heavy atom. The van der Waals surface area contributed by atoms with Crippen LogP contribution < -0.4 is 48.7 Å². The Morgan fingerprint density at radius 1 is 0.746 bits per heavy atom. The average molecular weight is 987 g/mol. The molecule has 0 spiro atoms. The second-order valence-electron chi connectivity index (χ2n) is 17.0. The first-order valence-electron chi connectivity index (χ1n) is 21.6. The molecule has 1 fully saturated rings. The minimum absolute atomic E-state index is 0.0317. The lowest BCUT2D eigenvalue weighted by molar-refractivity contribution is -0.143. The fraction of sp³-hybridized carbons (Fsp3) is 0.675. The van der Waals surface area contributed by atoms with Gasteiger partial charge in [-0.25, -0.2) is 9.78 Å². The van der Waals surface area contributed by atoms with E-state index in [1.807, 2.05) is 0 Å². The largest absolute Gasteiger partial charge is 0.480 e. The Bertz CT molecular complexity index is 1890. The highest BCUT2D eigenvalue weighted by Crippen LogP contribution is 2.20. The molecule has 9 amide bonds. The SMILES string of the molecule is CC(C)C[C@H](NC(=O)[C@@H](NC(=O)[C@H](Cc1cnc[nH]1)NC(=O)[C@H](CC(C)C)NC(=O)[C@@H]1CCCN1C(=O)[C@H](CC(N)=O)NC(=O)[C@@H](N)CS)[C@@H](C)O)C(=O)N[C@@H](CO)C(=O)N[C@@H](CS)C(=O)O. The number of carboxylic acid groups (broad SMARTS) is 1. The summed E-state index contributed by atoms with van der Waals surface area (Å²) in [5, 5.41) is 46.9. The molecule has 1 saturated heterocycles. The fourth-order valence-electron chi connectivity index (χ4n) is 6.88. The number of likely N-dealkylation sites (tertiary alicyclic amines) is 1. The van der Waals surface area contributed by atoms with E-state index in [4.69, 9.17) is 11.5 Å². The van der Waals surface area contributed by atoms with Crippen molar-refractivity contribution >= 4 is 84.4 Å². The summed E-state index contributed by atoms with van der Waals surface area (Å²) in [4.78, 5) is 139. The zero-order valence-electron chi connectivity index (χ0n) is 38.0. The van der Waals surface area contributed by atoms with Crippen molar-refractivity contribution in [3.63, 3.8) is 0 Å². The number of nitrogens with zero attached hydrogens (tertiary/aromatic N) is 2. The number of aromatic amines is 1. The van der Waals surface area contributed by atoms with Gasteiger partial charge in [-0.1, -0.05) is 27.7 Å². The van der Waals surface area contributed by atoms with E-state index in [9.17, 15) is 63.3 Å². The van der Waals surface area contributed by atoms with Gasteiger partial charge in [0, 0.05) is 36.4 Å². The number of thiol groups is 2. The highest BCUT2D eigenvalue weighted by Gasteiger charge is 2.41. The van der Waals surface area contributed by atoms with Crippen molar-refractivity contribution in [3.8, 4) is 0 Å². The zero-order chi connectivity index (χ0) is 50.7. The lowest BCUT2D eigenvalue weighted by atomic mass is 10.0. The third-order valence-electron chi connectivity index (χ3n) is 10.4. The first-order valence-corrected chi connectivity index (χ1v) is 22.9. The number of amides is 9. The molecule has 10 atom stereocenters. The summed E-state index contributed by atoms with van der Waals surface area (Å²) >= 11 is 7.86. The van der Waals surface area contributed by atoms with E-state index in [0.29, 0.717) is 12.1 Å². The third kappa shape index (κ3) is 18.6. The quantitative estimate of drug-likeness (QED) is 0.0350. The van der Waals surface area contributed by atoms with Gasteiger partial charge in [0.25, 0.3) is 0 Å². The van der Waals surface area contributed by atoms with Gasteiger partial charge in [-0.2, -0.15) is 25.3 Å². The van der Waals surface area contributed by atoms with Crippen LogP contribution in [0.2, 0.25) is 0 Å². The number of carbonyl (C=O) groups excluding carboxylic acids is 9. The number of hydrogen-bond acceptors (Lipinski definition) is 16. The van der Waals surface area contributed by atoms with E-state index in [-0.39, 0.29) is 55.6 Å². The normalized spacial score (nSPS) is 17.6. The van der Waals surface area contributed by atoms with Gasteiger partial charge in [-0.15, -0.1) is 0 Å². The van der Waals surface area contributed by atoms with Crippen molar-refractivity contribution in [1.29, 1.82) is 0 Å². The minimum Gasteiger partial charge on any atom is -0.480 e. The Balaban J connectivity index is 2.35. The molecule has 67 heavy (non-hydrogen) atoms. The number of carboxylic acids is 1. The Hall–Kier alpha value is -5.51. The van der Waals surface area contributed by atoms with Gasteiger partial charge in [-0.05, 0) is 44.4 Å². The van der Waals surface area contributed by atoms with Crippen LogP contribution >= 0.6 is 25.3 Å². The summed E-state index contributed by atoms with van der Waals surface area (Å²) in [6.45, 7) is 7.29. The summed E-state index contributed by atoms with van der Waals surface area (Å²) in [5.74, 6) is -10.3. The average Bonchev–Trinajstić information content (AvgIpc) is 3.97. The fourth-order valence-corrected chi connectivity index (χ4v) is 7.30. The van der Waals surface area contributed by atoms with E-state index < -0.39 is 133 Å². The van der Waals surface area contributed by atoms with Gasteiger partial charge in [0.1, 0.15) is 48.3 Å². The molecule has 0 aromatic carbocycles. The number of aliphatic carboxylic acids is 1. The number of nitrogens with two attached hydrogens (primary N) is 2. The van der Waals surface area contributed by atoms with Crippen LogP contribution in [0, 0.1) is 11.8 Å². The molecule has 1 aromatic rings. The maximum Gasteiger partial charge on any atom is 0.327 e. The summed E-state index contributed by atoms with van der Waals surface area (Å²) in [6, 6.07) is -12.7. The van der Waals surface area contributed by atoms with Gasteiger partial charge in [-0.3, -0.25) is 43.2 Å². The second-order valence-corrected chi connectivity index (χ2v) is 17.7. The predicted molar refractivity (Wildman–Crippen MR) is 245 cm³/mol. The smallest absolute Gasteiger partial charge is 0.327 e. The molecule has 0 aliphatic carbocycles. The van der Waals surface area contributed by atoms with E-state index in [1.54, 1.807) is 27.7 Å². The number of aliphatic hydroxyl groups is 2. The van der Waals surface area contributed by atoms with Crippen LogP contribution in [-0.2, 0) is 54.4 Å². The third-order valence-corrected chi connectivity index (χ3v) is 11.1. The van der Waals surface area contributed by atoms with Gasteiger partial charge in [0.15, 0.2) is 0 Å². The molecule has 1 aromatic heterocycles. The molecule has 1 aliphatic rings. The van der Waals surface area contributed by atoms with Gasteiger partial charge in [0.2, 0.25) is 53.2 Å². The molecular weight excluding hydrogens is 921 g/mol. The number of primary amides is 1. The van der Waals surface area contributed by atoms with Crippen LogP contribution in [0.4, 0.5) is 0 Å². The van der Waals surface area contributed by atoms with Crippen molar-refractivity contribution in [2.24, 2.45) is 23.3 Å². The van der Waals surface area contributed by atoms with Crippen LogP contribution in [0.5, 0.6) is 0 Å². The number of nitrogens with one attached hydrogen (secondary N) is 8. The van der Waals surface area contributed by atoms with Crippen LogP contribution in [0.1, 0.15) is 72.4 Å². The van der Waals surface area contributed by atoms with Crippen LogP contribution in [-0.4, -0.2) is 174 Å². The van der Waals surface area contributed by atoms with Crippen LogP contribution in [0.15, 0.2) is 12.5 Å². The minimum atomic E-state index is -1.74. The summed E-state index contributed by atoms with van der Waals surface area (Å²) in [6.07, 6.45) is 0.813. The number of hydrogen-bond donors (Lipinski definition) is 15. The van der Waals surface area contributed by atoms with Crippen molar-refractivity contribution in [1.82, 2.24) is 52.1 Å². The van der Waals surface area contributed by atoms with E-state index in [1.165, 1.54) is 24.3 Å². The highest BCUT2D eigenvalue weighted by atomic mass is 32.1. The number of H-pyrrole nitrogens is 1. The monoisotopic (exact) mass is 986 g/mol. The van der Waals surface area contributed by atoms with Crippen molar-refractivity contribution in [3.05, 3.63) is 18.2 Å². The molecule has 1 aliphatic heterocycles. The van der Waals surface area contributed by atoms with E-state index in [2.05, 4.69) is 72.4 Å². The Labute approximate surface area is 398 Å². The number of carbonyl (C=O) groups is 10. The standard InChI is InChI=1S/C40H66N12O13S2/c1-18(2)9-23(46-37(61)29-7-6-8-52(29)39(63)26(12-30(42)55)48-32(56)22(41)15-66)33(57)45-25(11-21-13-43-17-44-21)35(59)51-31(20(5)54)38(62)47-24(10-19(3)4)34(58)49-27(14-53)36(60)50-28(16-67)40(64)65/h13,17-20,22-29,31,53-54,66-67H,6-12,14-16,41H2,1-5H3,(H2,42,55)(H,43,44)(H,45,57)(H,46,61)(H,47,62)(H,48,56)(H,49,58)(H,50,60)(H,51,59)(H,64,65)/t20-,22+,23+,24+,25+,26+,27+,28+,29+,31+/m1/s1. The lowest BCUT2D eigenvalue weighted by Gasteiger charge is -2.31. The molecule has 376 valence electrons. The molecule has 15 N–H and O–H groups in total. The summed E-state index contributed by atoms with van der Waals surface area (Å²) in [7, 11) is 0. The van der Waals surface area contributed by atoms with Crippen molar-refractivity contribution in [2.45, 2.75) is 134 Å². The van der Waals surface area contributed by atoms with Gasteiger partial charge < -0.3 is 73.9 Å². The van der Waals surface area contributed by atoms with Crippen molar-refractivity contribution < 1.29 is 63.3 Å². The van der Waals surface area contributed by atoms with Crippen LogP contribution in [0.25, 0.3) is 0 Å². The zero-order valence-corrected chi connectivity index (χ0v) is 39.8. The van der Waals surface area contributed by atoms with Gasteiger partial charge >= 0.3 is 5.97 Å². The number of rotatable bonds is 28. The maximum absolute atomic E-state index is 14.1. The first-order chi connectivity index (χ1) is 31.4. The van der Waals surface area contributed by atoms with Crippen LogP contribution in [0.3, 0.4) is 0 Å². The predicted octanol–water partition coefficient (Wildman–Crippen LogP) is -5.05. The number of aromatic nitrogens is 2. The maximum atomic E-state index is 14.1. The Kier molecular flexibility index (Phi) is 24.1. The van der Waals surface area contributed by atoms with Crippen molar-refractivity contribution in [2.75, 3.05) is 24.7 Å². The second kappa shape index (κ2) is 28.0.